The van der Waals surface area contributed by atoms with Crippen LogP contribution in [0.2, 0.25) is 0 Å². The maximum atomic E-state index is 10.8. The predicted octanol–water partition coefficient (Wildman–Crippen LogP) is 0.402. The van der Waals surface area contributed by atoms with Gasteiger partial charge in [-0.25, -0.2) is 0 Å². The molecule has 0 N–H and O–H groups in total. The minimum Gasteiger partial charge on any atom is -0.785 e. The third kappa shape index (κ3) is 2.13. The predicted molar refractivity (Wildman–Crippen MR) is 35.9 cm³/mol. The summed E-state index contributed by atoms with van der Waals surface area (Å²) in [6.07, 6.45) is 2.11. The van der Waals surface area contributed by atoms with Crippen molar-refractivity contribution >= 4 is 18.4 Å². The molecule has 4 heteroatoms. The molecule has 0 radical (unpaired) electrons. The van der Waals surface area contributed by atoms with E-state index in [1.54, 1.807) is 6.08 Å². The van der Waals surface area contributed by atoms with Gasteiger partial charge < -0.3 is 17.4 Å². The van der Waals surface area contributed by atoms with Crippen LogP contribution in [0.3, 0.4) is 0 Å². The topological polar surface area (TPSA) is 26.3 Å². The zero-order valence-corrected chi connectivity index (χ0v) is 9.24. The van der Waals surface area contributed by atoms with E-state index in [4.69, 9.17) is 17.4 Å². The van der Waals surface area contributed by atoms with Crippen molar-refractivity contribution in [2.75, 3.05) is 7.11 Å². The van der Waals surface area contributed by atoms with E-state index in [0.29, 0.717) is 12.2 Å². The minimum absolute atomic E-state index is 0. The van der Waals surface area contributed by atoms with Crippen LogP contribution in [0.25, 0.3) is 0 Å². The van der Waals surface area contributed by atoms with Gasteiger partial charge in [0.05, 0.1) is 7.11 Å². The van der Waals surface area contributed by atoms with Gasteiger partial charge in [0.15, 0.2) is 11.5 Å². The molecule has 0 amide bonds. The Morgan fingerprint density at radius 3 is 2.60 bits per heavy atom. The number of carbonyl (C=O) groups excluding carboxylic acids is 1. The smallest absolute Gasteiger partial charge is 0.195 e. The fourth-order valence-electron chi connectivity index (χ4n) is 0.786. The van der Waals surface area contributed by atoms with Crippen LogP contribution in [-0.2, 0) is 43.2 Å². The summed E-state index contributed by atoms with van der Waals surface area (Å²) in [5, 5.41) is -0.0487. The molecular weight excluding hydrogens is 320 g/mol. The monoisotopic (exact) mass is 327 g/mol. The number of ether oxygens (including phenoxy) is 1. The minimum atomic E-state index is -0.0487. The Morgan fingerprint density at radius 2 is 2.40 bits per heavy atom. The summed E-state index contributed by atoms with van der Waals surface area (Å²) >= 11 is 4.85. The number of ketones is 1. The number of methoxy groups -OCH3 is 1. The first-order chi connectivity index (χ1) is 4.24. The second-order valence-electron chi connectivity index (χ2n) is 1.90. The van der Waals surface area contributed by atoms with Crippen molar-refractivity contribution < 1.29 is 30.6 Å². The molecule has 0 saturated heterocycles. The van der Waals surface area contributed by atoms with E-state index >= 15 is 0 Å². The van der Waals surface area contributed by atoms with Crippen LogP contribution in [-0.4, -0.2) is 18.1 Å². The van der Waals surface area contributed by atoms with Gasteiger partial charge in [-0.3, -0.25) is 4.79 Å². The van der Waals surface area contributed by atoms with E-state index < -0.39 is 0 Å². The van der Waals surface area contributed by atoms with E-state index in [0.717, 1.165) is 0 Å². The van der Waals surface area contributed by atoms with Gasteiger partial charge in [-0.1, -0.05) is 6.08 Å². The average molecular weight is 327 g/mol. The molecule has 0 aliphatic heterocycles. The maximum Gasteiger partial charge on any atom is 0.195 e. The molecule has 0 saturated carbocycles. The molecule has 0 aromatic rings. The van der Waals surface area contributed by atoms with Gasteiger partial charge in [-0.2, -0.15) is 0 Å². The van der Waals surface area contributed by atoms with Gasteiger partial charge in [-0.15, -0.1) is 5.25 Å². The standard InChI is InChI=1S/C6H8O2S.W/c1-8-6-3-4(9)2-5(6)7;/h3-4,9H,2H2,1H3;/p-1. The zero-order chi connectivity index (χ0) is 6.85. The zero-order valence-electron chi connectivity index (χ0n) is 5.49. The van der Waals surface area contributed by atoms with Crippen molar-refractivity contribution in [2.45, 2.75) is 11.7 Å². The Hall–Kier alpha value is 0.248. The van der Waals surface area contributed by atoms with Gasteiger partial charge in [0.1, 0.15) is 0 Å². The summed E-state index contributed by atoms with van der Waals surface area (Å²) in [5.74, 6) is 0.451. The van der Waals surface area contributed by atoms with E-state index in [9.17, 15) is 4.79 Å². The second-order valence-corrected chi connectivity index (χ2v) is 2.51. The Kier molecular flexibility index (Phi) is 4.30. The summed E-state index contributed by atoms with van der Waals surface area (Å²) in [5.41, 5.74) is 0. The van der Waals surface area contributed by atoms with E-state index in [2.05, 4.69) is 0 Å². The summed E-state index contributed by atoms with van der Waals surface area (Å²) in [6.45, 7) is 0. The molecule has 10 heavy (non-hydrogen) atoms. The number of allylic oxidation sites excluding steroid dienone is 1. The Bertz CT molecular complexity index is 167. The normalized spacial score (nSPS) is 23.6. The van der Waals surface area contributed by atoms with Crippen LogP contribution < -0.4 is 0 Å². The summed E-state index contributed by atoms with van der Waals surface area (Å²) in [4.78, 5) is 10.8. The van der Waals surface area contributed by atoms with Crippen molar-refractivity contribution in [1.29, 1.82) is 0 Å². The molecule has 0 spiro atoms. The molecule has 1 atom stereocenters. The SMILES string of the molecule is COC1=CC([S-])CC1=O.[W]. The molecule has 56 valence electrons. The molecule has 0 aromatic heterocycles. The van der Waals surface area contributed by atoms with Crippen LogP contribution in [0.15, 0.2) is 11.8 Å². The van der Waals surface area contributed by atoms with Crippen LogP contribution in [0.4, 0.5) is 0 Å². The van der Waals surface area contributed by atoms with Crippen molar-refractivity contribution in [2.24, 2.45) is 0 Å². The molecule has 1 rings (SSSR count). The summed E-state index contributed by atoms with van der Waals surface area (Å²) in [7, 11) is 1.48. The number of Topliss-reactive ketones (excluding diaryl/α,β-unsaturated/α-hetero) is 1. The fraction of sp³-hybridized carbons (Fsp3) is 0.500. The molecule has 2 nitrogen and oxygen atoms in total. The van der Waals surface area contributed by atoms with Gasteiger partial charge in [0.25, 0.3) is 0 Å². The molecule has 1 aliphatic carbocycles. The van der Waals surface area contributed by atoms with Crippen molar-refractivity contribution in [1.82, 2.24) is 0 Å². The van der Waals surface area contributed by atoms with Crippen molar-refractivity contribution in [3.63, 3.8) is 0 Å². The van der Waals surface area contributed by atoms with Crippen LogP contribution in [0, 0.1) is 0 Å². The number of rotatable bonds is 1. The molecule has 0 heterocycles. The Balaban J connectivity index is 0.000000810. The first-order valence-corrected chi connectivity index (χ1v) is 3.16. The van der Waals surface area contributed by atoms with Gasteiger partial charge >= 0.3 is 0 Å². The molecule has 0 aromatic carbocycles. The van der Waals surface area contributed by atoms with Crippen LogP contribution in [0.1, 0.15) is 6.42 Å². The quantitative estimate of drug-likeness (QED) is 0.653. The maximum absolute atomic E-state index is 10.8. The third-order valence-electron chi connectivity index (χ3n) is 1.22. The van der Waals surface area contributed by atoms with Gasteiger partial charge in [0.2, 0.25) is 0 Å². The van der Waals surface area contributed by atoms with Crippen molar-refractivity contribution in [3.05, 3.63) is 11.8 Å². The molecule has 1 aliphatic rings. The largest absolute Gasteiger partial charge is 0.785 e. The molecule has 0 fully saturated rings. The first-order valence-electron chi connectivity index (χ1n) is 2.69. The molecular formula is C6H7O2SW-. The summed E-state index contributed by atoms with van der Waals surface area (Å²) in [6, 6.07) is 0. The molecule has 1 unspecified atom stereocenters. The molecule has 0 bridgehead atoms. The van der Waals surface area contributed by atoms with Crippen molar-refractivity contribution in [3.8, 4) is 0 Å². The van der Waals surface area contributed by atoms with Gasteiger partial charge in [0, 0.05) is 21.1 Å². The third-order valence-corrected chi connectivity index (χ3v) is 1.52. The summed E-state index contributed by atoms with van der Waals surface area (Å²) < 4.78 is 4.74. The van der Waals surface area contributed by atoms with E-state index in [1.807, 2.05) is 0 Å². The van der Waals surface area contributed by atoms with E-state index in [-0.39, 0.29) is 32.1 Å². The van der Waals surface area contributed by atoms with Crippen LogP contribution >= 0.6 is 0 Å². The Morgan fingerprint density at radius 1 is 1.80 bits per heavy atom. The number of hydrogen-bond donors (Lipinski definition) is 0. The number of hydrogen-bond acceptors (Lipinski definition) is 3. The number of carbonyl (C=O) groups is 1. The average Bonchev–Trinajstić information content (AvgIpc) is 2.10. The van der Waals surface area contributed by atoms with E-state index in [1.165, 1.54) is 7.11 Å². The fourth-order valence-corrected chi connectivity index (χ4v) is 1.06. The van der Waals surface area contributed by atoms with Gasteiger partial charge in [-0.05, 0) is 6.42 Å². The van der Waals surface area contributed by atoms with Crippen LogP contribution in [0.5, 0.6) is 0 Å². The first kappa shape index (κ1) is 10.2. The Labute approximate surface area is 79.7 Å². The second kappa shape index (κ2) is 4.19.